The molecule has 0 fully saturated rings. The number of hydrogen-bond donors (Lipinski definition) is 2. The van der Waals surface area contributed by atoms with Gasteiger partial charge in [0.05, 0.1) is 30.2 Å². The van der Waals surface area contributed by atoms with E-state index in [2.05, 4.69) is 27.8 Å². The van der Waals surface area contributed by atoms with Crippen molar-refractivity contribution in [2.24, 2.45) is 0 Å². The van der Waals surface area contributed by atoms with E-state index in [4.69, 9.17) is 9.15 Å². The van der Waals surface area contributed by atoms with E-state index in [0.29, 0.717) is 28.1 Å². The third-order valence-corrected chi connectivity index (χ3v) is 8.51. The van der Waals surface area contributed by atoms with Crippen LogP contribution in [0.5, 0.6) is 0 Å². The fraction of sp³-hybridized carbons (Fsp3) is 0.500. The first kappa shape index (κ1) is 27.9. The molecule has 0 saturated carbocycles. The minimum absolute atomic E-state index is 0.182. The number of amides is 2. The molecule has 12 heteroatoms. The van der Waals surface area contributed by atoms with Crippen LogP contribution >= 0.6 is 23.1 Å². The van der Waals surface area contributed by atoms with Gasteiger partial charge in [-0.2, -0.15) is 0 Å². The first-order valence-electron chi connectivity index (χ1n) is 13.0. The molecule has 1 atom stereocenters. The summed E-state index contributed by atoms with van der Waals surface area (Å²) in [4.78, 5) is 39.4. The van der Waals surface area contributed by atoms with E-state index in [1.54, 1.807) is 26.0 Å². The van der Waals surface area contributed by atoms with Crippen molar-refractivity contribution in [2.75, 3.05) is 11.9 Å². The Morgan fingerprint density at radius 2 is 2.05 bits per heavy atom. The number of thiophene rings is 1. The van der Waals surface area contributed by atoms with Crippen LogP contribution in [0.2, 0.25) is 0 Å². The Hall–Kier alpha value is -3.12. The molecule has 4 rings (SSSR count). The summed E-state index contributed by atoms with van der Waals surface area (Å²) in [5.41, 5.74) is 1.51. The van der Waals surface area contributed by atoms with E-state index >= 15 is 0 Å². The van der Waals surface area contributed by atoms with Crippen LogP contribution in [-0.2, 0) is 35.5 Å². The Labute approximate surface area is 229 Å². The second kappa shape index (κ2) is 13.1. The van der Waals surface area contributed by atoms with Crippen LogP contribution in [0, 0.1) is 0 Å². The smallest absolute Gasteiger partial charge is 0.341 e. The molecule has 204 valence electrons. The third-order valence-electron chi connectivity index (χ3n) is 6.22. The van der Waals surface area contributed by atoms with Crippen molar-refractivity contribution in [2.45, 2.75) is 82.8 Å². The molecular formula is C26H33N5O5S2. The summed E-state index contributed by atoms with van der Waals surface area (Å²) < 4.78 is 12.4. The van der Waals surface area contributed by atoms with Crippen LogP contribution < -0.4 is 10.6 Å². The van der Waals surface area contributed by atoms with E-state index in [0.717, 1.165) is 49.0 Å². The van der Waals surface area contributed by atoms with E-state index in [1.165, 1.54) is 29.4 Å². The number of nitrogens with one attached hydrogen (secondary N) is 2. The van der Waals surface area contributed by atoms with Crippen LogP contribution in [0.3, 0.4) is 0 Å². The van der Waals surface area contributed by atoms with Gasteiger partial charge in [0.2, 0.25) is 5.91 Å². The zero-order chi connectivity index (χ0) is 27.1. The van der Waals surface area contributed by atoms with Gasteiger partial charge in [-0.3, -0.25) is 9.59 Å². The summed E-state index contributed by atoms with van der Waals surface area (Å²) in [6, 6.07) is 3.25. The maximum Gasteiger partial charge on any atom is 0.341 e. The van der Waals surface area contributed by atoms with Crippen LogP contribution in [-0.4, -0.2) is 44.4 Å². The van der Waals surface area contributed by atoms with Gasteiger partial charge in [0, 0.05) is 11.4 Å². The summed E-state index contributed by atoms with van der Waals surface area (Å²) in [7, 11) is 0. The Bertz CT molecular complexity index is 1270. The number of ether oxygens (including phenoxy) is 1. The predicted molar refractivity (Wildman–Crippen MR) is 146 cm³/mol. The third kappa shape index (κ3) is 6.47. The van der Waals surface area contributed by atoms with Crippen LogP contribution in [0.25, 0.3) is 0 Å². The van der Waals surface area contributed by atoms with Gasteiger partial charge in [-0.15, -0.1) is 21.5 Å². The topological polar surface area (TPSA) is 128 Å². The lowest BCUT2D eigenvalue weighted by atomic mass is 9.95. The molecule has 10 nitrogen and oxygen atoms in total. The molecule has 0 saturated heterocycles. The number of furan rings is 1. The number of anilines is 1. The Kier molecular flexibility index (Phi) is 9.62. The maximum atomic E-state index is 13.2. The summed E-state index contributed by atoms with van der Waals surface area (Å²) in [5.74, 6) is -0.121. The second-order valence-corrected chi connectivity index (χ2v) is 11.4. The van der Waals surface area contributed by atoms with Crippen molar-refractivity contribution in [1.82, 2.24) is 20.1 Å². The van der Waals surface area contributed by atoms with Crippen molar-refractivity contribution in [3.63, 3.8) is 0 Å². The number of thioether (sulfide) groups is 1. The van der Waals surface area contributed by atoms with E-state index in [1.807, 2.05) is 4.57 Å². The maximum absolute atomic E-state index is 13.2. The number of hydrogen-bond acceptors (Lipinski definition) is 9. The lowest BCUT2D eigenvalue weighted by molar-refractivity contribution is -0.115. The van der Waals surface area contributed by atoms with Gasteiger partial charge in [0.15, 0.2) is 16.7 Å². The molecule has 3 heterocycles. The zero-order valence-corrected chi connectivity index (χ0v) is 23.5. The van der Waals surface area contributed by atoms with Crippen LogP contribution in [0.4, 0.5) is 5.00 Å². The molecule has 3 aromatic rings. The average Bonchev–Trinajstić information content (AvgIpc) is 3.65. The van der Waals surface area contributed by atoms with Gasteiger partial charge < -0.3 is 24.4 Å². The number of fused-ring (bicyclic) bond motifs is 1. The van der Waals surface area contributed by atoms with Gasteiger partial charge in [0.1, 0.15) is 5.00 Å². The monoisotopic (exact) mass is 559 g/mol. The quantitative estimate of drug-likeness (QED) is 0.238. The number of aromatic nitrogens is 3. The molecule has 0 unspecified atom stereocenters. The summed E-state index contributed by atoms with van der Waals surface area (Å²) >= 11 is 2.77. The molecule has 2 amide bonds. The summed E-state index contributed by atoms with van der Waals surface area (Å²) in [5, 5.41) is 15.0. The molecule has 0 spiro atoms. The fourth-order valence-corrected chi connectivity index (χ4v) is 6.40. The molecular weight excluding hydrogens is 526 g/mol. The van der Waals surface area contributed by atoms with E-state index < -0.39 is 5.25 Å². The molecule has 0 aromatic carbocycles. The largest absolute Gasteiger partial charge is 0.462 e. The van der Waals surface area contributed by atoms with Crippen LogP contribution in [0.15, 0.2) is 28.0 Å². The Morgan fingerprint density at radius 1 is 1.24 bits per heavy atom. The summed E-state index contributed by atoms with van der Waals surface area (Å²) in [6.07, 6.45) is 7.14. The lowest BCUT2D eigenvalue weighted by Crippen LogP contribution is -2.25. The highest BCUT2D eigenvalue weighted by molar-refractivity contribution is 8.00. The molecule has 38 heavy (non-hydrogen) atoms. The number of carbonyl (C=O) groups is 3. The lowest BCUT2D eigenvalue weighted by Gasteiger charge is -2.14. The zero-order valence-electron chi connectivity index (χ0n) is 21.9. The van der Waals surface area contributed by atoms with Crippen molar-refractivity contribution >= 4 is 45.9 Å². The van der Waals surface area contributed by atoms with Crippen LogP contribution in [0.1, 0.15) is 83.6 Å². The second-order valence-electron chi connectivity index (χ2n) is 8.95. The SMILES string of the molecule is CCCCn1c(CNC(=O)c2ccco2)nnc1S[C@H](C)C(=O)Nc1sc2c(c1C(=O)OCC)CCCC2. The molecule has 2 N–H and O–H groups in total. The molecule has 0 aliphatic heterocycles. The van der Waals surface area contributed by atoms with Gasteiger partial charge in [-0.25, -0.2) is 4.79 Å². The highest BCUT2D eigenvalue weighted by atomic mass is 32.2. The van der Waals surface area contributed by atoms with Crippen molar-refractivity contribution in [3.8, 4) is 0 Å². The molecule has 1 aliphatic rings. The number of unbranched alkanes of at least 4 members (excludes halogenated alkanes) is 1. The van der Waals surface area contributed by atoms with Gasteiger partial charge in [-0.05, 0) is 63.6 Å². The van der Waals surface area contributed by atoms with Crippen molar-refractivity contribution in [1.29, 1.82) is 0 Å². The van der Waals surface area contributed by atoms with Gasteiger partial charge in [0.25, 0.3) is 5.91 Å². The number of nitrogens with zero attached hydrogens (tertiary/aromatic N) is 3. The first-order chi connectivity index (χ1) is 18.4. The van der Waals surface area contributed by atoms with Crippen molar-refractivity contribution in [3.05, 3.63) is 46.0 Å². The standard InChI is InChI=1S/C26H33N5O5S2/c1-4-6-13-31-20(15-27-23(33)18-11-9-14-36-18)29-30-26(31)37-16(3)22(32)28-24-21(25(34)35-5-2)17-10-7-8-12-19(17)38-24/h9,11,14,16H,4-8,10,12-13,15H2,1-3H3,(H,27,33)(H,28,32)/t16-/m1/s1. The normalized spacial score (nSPS) is 13.6. The van der Waals surface area contributed by atoms with E-state index in [-0.39, 0.29) is 36.7 Å². The highest BCUT2D eigenvalue weighted by Crippen LogP contribution is 2.39. The van der Waals surface area contributed by atoms with Gasteiger partial charge >= 0.3 is 5.97 Å². The average molecular weight is 560 g/mol. The number of esters is 1. The fourth-order valence-electron chi connectivity index (χ4n) is 4.23. The molecule has 0 radical (unpaired) electrons. The Balaban J connectivity index is 1.46. The molecule has 3 aromatic heterocycles. The number of carbonyl (C=O) groups excluding carboxylic acids is 3. The number of rotatable bonds is 12. The first-order valence-corrected chi connectivity index (χ1v) is 14.6. The highest BCUT2D eigenvalue weighted by Gasteiger charge is 2.29. The Morgan fingerprint density at radius 3 is 2.79 bits per heavy atom. The van der Waals surface area contributed by atoms with Crippen molar-refractivity contribution < 1.29 is 23.5 Å². The molecule has 0 bridgehead atoms. The minimum atomic E-state index is -0.501. The molecule has 1 aliphatic carbocycles. The van der Waals surface area contributed by atoms with Gasteiger partial charge in [-0.1, -0.05) is 25.1 Å². The predicted octanol–water partition coefficient (Wildman–Crippen LogP) is 4.84. The summed E-state index contributed by atoms with van der Waals surface area (Å²) in [6.45, 7) is 6.79. The number of aryl methyl sites for hydroxylation is 1. The van der Waals surface area contributed by atoms with E-state index in [9.17, 15) is 14.4 Å². The minimum Gasteiger partial charge on any atom is -0.462 e.